The lowest BCUT2D eigenvalue weighted by Gasteiger charge is -2.65. The van der Waals surface area contributed by atoms with Gasteiger partial charge in [-0.3, -0.25) is 9.59 Å². The second-order valence-electron chi connectivity index (χ2n) is 36.2. The Bertz CT molecular complexity index is 4360. The molecule has 102 heavy (non-hydrogen) atoms. The summed E-state index contributed by atoms with van der Waals surface area (Å²) in [5.74, 6) is 4.65. The van der Waals surface area contributed by atoms with Crippen molar-refractivity contribution in [1.82, 2.24) is 10.6 Å². The molecule has 1 saturated heterocycles. The van der Waals surface area contributed by atoms with Crippen LogP contribution in [0.5, 0.6) is 11.5 Å². The molecule has 24 atom stereocenters. The van der Waals surface area contributed by atoms with Crippen molar-refractivity contribution in [2.24, 2.45) is 97.6 Å². The SMILES string of the molecule is O=CC1CC2(CCC3(CC4Cc5cccc(O)c5C#CCC5CCC3(C5)C4)C2)CC12CC1CC3CC4CC5(CO)OC6Oc7cccc8c7C(=O)C79C(O)=CC(Cc%10cccc(CO)c%10)=C(C=CC%10CCCC%11CCC(CC%10%11O)C7SSCNC7=CC(=C3CN7)C1(C2)C4C(O)(C6O)C5O)C9C8=O. The summed E-state index contributed by atoms with van der Waals surface area (Å²) in [6.07, 6.45) is 23.6. The van der Waals surface area contributed by atoms with Crippen LogP contribution in [0.1, 0.15) is 184 Å². The minimum absolute atomic E-state index is 0.0120. The molecule has 18 aliphatic rings. The topological polar surface area (TPSA) is 256 Å². The van der Waals surface area contributed by atoms with Crippen LogP contribution in [0.25, 0.3) is 0 Å². The average Bonchev–Trinajstić information content (AvgIpc) is 1.41. The fourth-order valence-corrected chi connectivity index (χ4v) is 31.6. The molecule has 536 valence electrons. The van der Waals surface area contributed by atoms with E-state index in [0.29, 0.717) is 73.1 Å². The van der Waals surface area contributed by atoms with Crippen molar-refractivity contribution >= 4 is 39.4 Å². The average molecular weight is 1420 g/mol. The number of benzene rings is 3. The fraction of sp³-hybridized carbons (Fsp3) is 0.612. The molecule has 24 unspecified atom stereocenters. The van der Waals surface area contributed by atoms with Crippen molar-refractivity contribution in [2.45, 2.75) is 201 Å². The van der Waals surface area contributed by atoms with Gasteiger partial charge < -0.3 is 65.8 Å². The van der Waals surface area contributed by atoms with Gasteiger partial charge >= 0.3 is 0 Å². The van der Waals surface area contributed by atoms with Crippen LogP contribution in [0, 0.1) is 109 Å². The van der Waals surface area contributed by atoms with Crippen LogP contribution in [0.2, 0.25) is 0 Å². The Hall–Kier alpha value is -5.65. The number of allylic oxidation sites excluding steroid dienone is 7. The fourth-order valence-electron chi connectivity index (χ4n) is 28.5. The van der Waals surface area contributed by atoms with E-state index in [1.165, 1.54) is 52.7 Å². The van der Waals surface area contributed by atoms with E-state index in [0.717, 1.165) is 118 Å². The van der Waals surface area contributed by atoms with Gasteiger partial charge in [-0.1, -0.05) is 101 Å². The van der Waals surface area contributed by atoms with Crippen LogP contribution in [-0.4, -0.2) is 118 Å². The lowest BCUT2D eigenvalue weighted by Crippen LogP contribution is -2.81. The Labute approximate surface area is 604 Å². The normalized spacial score (nSPS) is 46.4. The Morgan fingerprint density at radius 2 is 1.64 bits per heavy atom. The number of fused-ring (bicyclic) bond motifs is 7. The van der Waals surface area contributed by atoms with Crippen LogP contribution < -0.4 is 15.4 Å². The van der Waals surface area contributed by atoms with Crippen LogP contribution in [0.15, 0.2) is 119 Å². The predicted molar refractivity (Wildman–Crippen MR) is 385 cm³/mol. The maximum atomic E-state index is 17.2. The molecule has 0 amide bonds. The molecule has 0 aromatic heterocycles. The van der Waals surface area contributed by atoms with Crippen molar-refractivity contribution in [1.29, 1.82) is 0 Å². The minimum atomic E-state index is -2.41. The number of aliphatic hydroxyl groups excluding tert-OH is 5. The second kappa shape index (κ2) is 22.9. The molecule has 21 rings (SSSR count). The highest BCUT2D eigenvalue weighted by Gasteiger charge is 2.80. The number of hydrogen-bond donors (Lipinski definition) is 10. The standard InChI is InChI=1S/C85H96N2O13S2/c88-39-48-8-1-7-47(24-48)25-52-29-66(92)84-69-60(52)19-18-56-11-4-10-55-17-16-51(35-83(55,56)97)74(84)102-101-45-87-67-30-63-62(38-86-67)53-27-54-34-81(44-90)76(96)85(98,73(95)75(100-81)99-65-15-5-13-61(70(69)93)68(65)72(84)94)71(54)82(63)43-78(37-57(82)28-53)41-77(36-58(78)40-89)22-23-80(42-77)33-49-26-50-9-3-14-64(91)59(50)12-2-6-46-20-21-79(80,31-46)32-49/h1,3,5,7-9,13-15,18-19,24,29-30,40,46,49,51,53-58,69,71,73-76,86-88,90-92,95-98H,4,6,10-11,16-17,20-23,25-28,31-39,41-45H2. The maximum absolute atomic E-state index is 17.2. The minimum Gasteiger partial charge on any atom is -0.511 e. The van der Waals surface area contributed by atoms with Gasteiger partial charge in [0.15, 0.2) is 11.6 Å². The van der Waals surface area contributed by atoms with Crippen molar-refractivity contribution in [3.8, 4) is 23.3 Å². The highest BCUT2D eigenvalue weighted by atomic mass is 33.1. The van der Waals surface area contributed by atoms with Crippen LogP contribution in [0.4, 0.5) is 0 Å². The van der Waals surface area contributed by atoms with Gasteiger partial charge in [-0.25, -0.2) is 0 Å². The molecule has 3 aliphatic heterocycles. The Morgan fingerprint density at radius 1 is 0.794 bits per heavy atom. The first-order valence-electron chi connectivity index (χ1n) is 38.7. The smallest absolute Gasteiger partial charge is 0.229 e. The number of phenols is 1. The summed E-state index contributed by atoms with van der Waals surface area (Å²) in [4.78, 5) is 48.4. The van der Waals surface area contributed by atoms with Crippen molar-refractivity contribution in [3.63, 3.8) is 0 Å². The van der Waals surface area contributed by atoms with Crippen molar-refractivity contribution in [3.05, 3.63) is 152 Å². The van der Waals surface area contributed by atoms with Crippen molar-refractivity contribution < 1.29 is 64.7 Å². The van der Waals surface area contributed by atoms with E-state index in [-0.39, 0.29) is 106 Å². The number of ether oxygens (including phenoxy) is 2. The maximum Gasteiger partial charge on any atom is 0.229 e. The Kier molecular flexibility index (Phi) is 14.8. The van der Waals surface area contributed by atoms with E-state index in [1.54, 1.807) is 30.3 Å². The predicted octanol–water partition coefficient (Wildman–Crippen LogP) is 11.8. The quantitative estimate of drug-likeness (QED) is 0.0647. The molecule has 15 nitrogen and oxygen atoms in total. The number of dihydropyridines is 1. The molecule has 15 aliphatic carbocycles. The first-order chi connectivity index (χ1) is 49.3. The van der Waals surface area contributed by atoms with E-state index in [2.05, 4.69) is 40.7 Å². The number of hydrogen-bond acceptors (Lipinski definition) is 17. The zero-order chi connectivity index (χ0) is 69.5. The number of phenolic OH excluding ortho intramolecular Hbond substituents is 1. The third-order valence-corrected chi connectivity index (χ3v) is 34.7. The molecule has 3 aromatic rings. The number of ketones is 2. The van der Waals surface area contributed by atoms with Gasteiger partial charge in [0, 0.05) is 46.9 Å². The molecule has 6 spiro atoms. The molecule has 10 fully saturated rings. The van der Waals surface area contributed by atoms with Gasteiger partial charge in [0.2, 0.25) is 6.29 Å². The summed E-state index contributed by atoms with van der Waals surface area (Å²) < 4.78 is 14.1. The summed E-state index contributed by atoms with van der Waals surface area (Å²) in [6, 6.07) is 18.3. The Balaban J connectivity index is 0.717. The van der Waals surface area contributed by atoms with E-state index >= 15 is 9.59 Å². The summed E-state index contributed by atoms with van der Waals surface area (Å²) in [5.41, 5.74) is -1.50. The van der Waals surface area contributed by atoms with E-state index < -0.39 is 86.8 Å². The number of aldehydes is 1. The van der Waals surface area contributed by atoms with Crippen LogP contribution in [-0.2, 0) is 29.0 Å². The lowest BCUT2D eigenvalue weighted by atomic mass is 9.46. The third-order valence-electron chi connectivity index (χ3n) is 31.9. The first-order valence-corrected chi connectivity index (χ1v) is 41.1. The number of aromatic hydroxyl groups is 1. The number of carbonyl (C=O) groups excluding carboxylic acids is 3. The van der Waals surface area contributed by atoms with Gasteiger partial charge in [-0.15, -0.1) is 0 Å². The first kappa shape index (κ1) is 65.8. The molecule has 3 aromatic carbocycles. The molecular formula is C85H96N2O13S2. The summed E-state index contributed by atoms with van der Waals surface area (Å²) >= 11 is 0. The van der Waals surface area contributed by atoms with Crippen LogP contribution in [0.3, 0.4) is 0 Å². The van der Waals surface area contributed by atoms with E-state index in [4.69, 9.17) is 9.47 Å². The highest BCUT2D eigenvalue weighted by Crippen LogP contribution is 2.82. The van der Waals surface area contributed by atoms with E-state index in [9.17, 15) is 45.6 Å². The number of nitrogens with one attached hydrogen (secondary N) is 2. The monoisotopic (exact) mass is 1420 g/mol. The van der Waals surface area contributed by atoms with Crippen molar-refractivity contribution in [2.75, 3.05) is 19.0 Å². The molecule has 17 heteroatoms. The number of Topliss-reactive ketones (excluding diaryl/α,β-unsaturated/α-hetero) is 2. The molecule has 16 bridgehead atoms. The highest BCUT2D eigenvalue weighted by molar-refractivity contribution is 8.77. The molecule has 0 radical (unpaired) electrons. The zero-order valence-electron chi connectivity index (χ0n) is 58.1. The second-order valence-corrected chi connectivity index (χ2v) is 38.7. The van der Waals surface area contributed by atoms with Crippen LogP contribution >= 0.6 is 21.6 Å². The van der Waals surface area contributed by atoms with Gasteiger partial charge in [0.1, 0.15) is 52.4 Å². The molecule has 9 saturated carbocycles. The van der Waals surface area contributed by atoms with Gasteiger partial charge in [-0.2, -0.15) is 0 Å². The largest absolute Gasteiger partial charge is 0.511 e. The number of rotatable bonds is 5. The zero-order valence-corrected chi connectivity index (χ0v) is 59.7. The van der Waals surface area contributed by atoms with E-state index in [1.807, 2.05) is 36.4 Å². The lowest BCUT2D eigenvalue weighted by molar-refractivity contribution is -0.392. The molecular weight excluding hydrogens is 1320 g/mol. The van der Waals surface area contributed by atoms with Gasteiger partial charge in [-0.05, 0) is 268 Å². The molecule has 10 N–H and O–H groups in total. The summed E-state index contributed by atoms with van der Waals surface area (Å²) in [5, 5.41) is 109. The summed E-state index contributed by atoms with van der Waals surface area (Å²) in [7, 11) is 3.03. The van der Waals surface area contributed by atoms with Gasteiger partial charge in [0.25, 0.3) is 0 Å². The number of aliphatic hydroxyl groups is 7. The number of carbonyl (C=O) groups is 3. The third kappa shape index (κ3) is 8.82. The summed E-state index contributed by atoms with van der Waals surface area (Å²) in [6.45, 7) is -0.389. The molecule has 3 heterocycles. The van der Waals surface area contributed by atoms with Gasteiger partial charge in [0.05, 0.1) is 47.6 Å². The Morgan fingerprint density at radius 3 is 2.50 bits per heavy atom.